The van der Waals surface area contributed by atoms with Crippen LogP contribution in [0.1, 0.15) is 36.0 Å². The number of amides is 1. The van der Waals surface area contributed by atoms with Crippen LogP contribution >= 0.6 is 11.6 Å². The van der Waals surface area contributed by atoms with Crippen molar-refractivity contribution in [2.24, 2.45) is 0 Å². The van der Waals surface area contributed by atoms with Crippen LogP contribution in [0.4, 0.5) is 10.2 Å². The van der Waals surface area contributed by atoms with E-state index in [9.17, 15) is 9.18 Å². The molecule has 0 radical (unpaired) electrons. The highest BCUT2D eigenvalue weighted by atomic mass is 35.5. The Morgan fingerprint density at radius 3 is 2.62 bits per heavy atom. The monoisotopic (exact) mass is 377 g/mol. The number of pyridine rings is 1. The maximum Gasteiger partial charge on any atom is 0.251 e. The molecule has 0 spiro atoms. The van der Waals surface area contributed by atoms with E-state index in [0.29, 0.717) is 11.6 Å². The van der Waals surface area contributed by atoms with Gasteiger partial charge in [-0.2, -0.15) is 0 Å². The Hall–Kier alpha value is -2.34. The molecular weight excluding hydrogens is 357 g/mol. The molecule has 138 valence electrons. The maximum atomic E-state index is 13.2. The van der Waals surface area contributed by atoms with Gasteiger partial charge in [-0.1, -0.05) is 11.6 Å². The number of aromatic nitrogens is 1. The fourth-order valence-electron chi connectivity index (χ4n) is 3.11. The van der Waals surface area contributed by atoms with Crippen LogP contribution in [0.5, 0.6) is 5.75 Å². The molecule has 2 aromatic rings. The van der Waals surface area contributed by atoms with E-state index in [1.807, 2.05) is 6.07 Å². The van der Waals surface area contributed by atoms with Crippen molar-refractivity contribution < 1.29 is 13.9 Å². The molecule has 2 N–H and O–H groups in total. The quantitative estimate of drug-likeness (QED) is 0.825. The molecule has 26 heavy (non-hydrogen) atoms. The molecule has 0 saturated heterocycles. The number of benzene rings is 1. The van der Waals surface area contributed by atoms with Crippen molar-refractivity contribution in [1.29, 1.82) is 0 Å². The molecule has 1 saturated carbocycles. The van der Waals surface area contributed by atoms with Gasteiger partial charge in [0.1, 0.15) is 17.4 Å². The first-order valence-corrected chi connectivity index (χ1v) is 8.95. The number of ether oxygens (including phenoxy) is 1. The molecule has 1 aliphatic carbocycles. The highest BCUT2D eigenvalue weighted by Crippen LogP contribution is 2.24. The third-order valence-electron chi connectivity index (χ3n) is 4.56. The van der Waals surface area contributed by atoms with E-state index < -0.39 is 5.82 Å². The number of methoxy groups -OCH3 is 1. The molecule has 1 aromatic heterocycles. The lowest BCUT2D eigenvalue weighted by Gasteiger charge is -2.30. The number of rotatable bonds is 5. The van der Waals surface area contributed by atoms with E-state index in [0.717, 1.165) is 37.3 Å². The Morgan fingerprint density at radius 2 is 1.92 bits per heavy atom. The number of carbonyl (C=O) groups is 1. The van der Waals surface area contributed by atoms with Gasteiger partial charge in [0.2, 0.25) is 0 Å². The van der Waals surface area contributed by atoms with Gasteiger partial charge in [0.25, 0.3) is 5.91 Å². The summed E-state index contributed by atoms with van der Waals surface area (Å²) in [6.07, 6.45) is 5.29. The largest absolute Gasteiger partial charge is 0.497 e. The van der Waals surface area contributed by atoms with Crippen LogP contribution in [0.2, 0.25) is 5.02 Å². The average Bonchev–Trinajstić information content (AvgIpc) is 2.65. The smallest absolute Gasteiger partial charge is 0.251 e. The first kappa shape index (κ1) is 18.5. The number of hydrogen-bond acceptors (Lipinski definition) is 4. The third kappa shape index (κ3) is 4.64. The summed E-state index contributed by atoms with van der Waals surface area (Å²) in [5, 5.41) is 6.37. The van der Waals surface area contributed by atoms with Crippen molar-refractivity contribution in [1.82, 2.24) is 10.3 Å². The Labute approximate surface area is 156 Å². The Bertz CT molecular complexity index is 779. The van der Waals surface area contributed by atoms with Gasteiger partial charge >= 0.3 is 0 Å². The summed E-state index contributed by atoms with van der Waals surface area (Å²) in [6, 6.07) is 8.09. The Kier molecular flexibility index (Phi) is 5.93. The number of nitrogens with one attached hydrogen (secondary N) is 2. The fourth-order valence-corrected chi connectivity index (χ4v) is 3.29. The van der Waals surface area contributed by atoms with Crippen molar-refractivity contribution >= 4 is 23.3 Å². The first-order chi connectivity index (χ1) is 12.5. The highest BCUT2D eigenvalue weighted by molar-refractivity contribution is 6.31. The van der Waals surface area contributed by atoms with Crippen LogP contribution in [-0.4, -0.2) is 30.1 Å². The normalized spacial score (nSPS) is 19.7. The Morgan fingerprint density at radius 1 is 1.19 bits per heavy atom. The number of hydrogen-bond donors (Lipinski definition) is 2. The second kappa shape index (κ2) is 8.36. The molecule has 1 amide bonds. The van der Waals surface area contributed by atoms with E-state index in [1.54, 1.807) is 19.4 Å². The molecule has 1 heterocycles. The first-order valence-electron chi connectivity index (χ1n) is 8.57. The molecule has 5 nitrogen and oxygen atoms in total. The van der Waals surface area contributed by atoms with Gasteiger partial charge in [-0.3, -0.25) is 4.79 Å². The summed E-state index contributed by atoms with van der Waals surface area (Å²) in [7, 11) is 1.63. The van der Waals surface area contributed by atoms with Gasteiger partial charge in [0, 0.05) is 29.9 Å². The lowest BCUT2D eigenvalue weighted by Crippen LogP contribution is -2.40. The standard InChI is InChI=1S/C19H21ClFN3O2/c1-26-15-8-9-22-18(11-15)23-13-3-5-14(6-4-13)24-19(25)12-2-7-17(21)16(20)10-12/h2,7-11,13-14H,3-6H2,1H3,(H,22,23)(H,24,25)/t13-,14+. The van der Waals surface area contributed by atoms with Gasteiger partial charge < -0.3 is 15.4 Å². The Balaban J connectivity index is 1.50. The van der Waals surface area contributed by atoms with Crippen LogP contribution < -0.4 is 15.4 Å². The van der Waals surface area contributed by atoms with Crippen molar-refractivity contribution in [3.63, 3.8) is 0 Å². The molecule has 0 unspecified atom stereocenters. The van der Waals surface area contributed by atoms with Crippen molar-refractivity contribution in [2.45, 2.75) is 37.8 Å². The summed E-state index contributed by atoms with van der Waals surface area (Å²) in [5.74, 6) is 0.804. The minimum atomic E-state index is -0.527. The topological polar surface area (TPSA) is 63.2 Å². The molecule has 0 atom stereocenters. The zero-order valence-corrected chi connectivity index (χ0v) is 15.2. The van der Waals surface area contributed by atoms with E-state index >= 15 is 0 Å². The average molecular weight is 378 g/mol. The number of halogens is 2. The summed E-state index contributed by atoms with van der Waals surface area (Å²) in [5.41, 5.74) is 0.372. The molecule has 1 aliphatic rings. The maximum absolute atomic E-state index is 13.2. The zero-order chi connectivity index (χ0) is 18.5. The molecular formula is C19H21ClFN3O2. The summed E-state index contributed by atoms with van der Waals surface area (Å²) in [4.78, 5) is 16.6. The molecule has 0 bridgehead atoms. The summed E-state index contributed by atoms with van der Waals surface area (Å²) < 4.78 is 18.4. The fraction of sp³-hybridized carbons (Fsp3) is 0.368. The van der Waals surface area contributed by atoms with Crippen LogP contribution in [0.15, 0.2) is 36.5 Å². The number of anilines is 1. The summed E-state index contributed by atoms with van der Waals surface area (Å²) >= 11 is 5.74. The van der Waals surface area contributed by atoms with Crippen molar-refractivity contribution in [3.05, 3.63) is 52.9 Å². The number of nitrogens with zero attached hydrogens (tertiary/aromatic N) is 1. The predicted octanol–water partition coefficient (Wildman–Crippen LogP) is 4.04. The van der Waals surface area contributed by atoms with E-state index in [-0.39, 0.29) is 17.0 Å². The van der Waals surface area contributed by atoms with Gasteiger partial charge in [0.05, 0.1) is 12.1 Å². The van der Waals surface area contributed by atoms with E-state index in [2.05, 4.69) is 15.6 Å². The zero-order valence-electron chi connectivity index (χ0n) is 14.5. The van der Waals surface area contributed by atoms with Gasteiger partial charge in [0.15, 0.2) is 0 Å². The van der Waals surface area contributed by atoms with Crippen LogP contribution in [0, 0.1) is 5.82 Å². The van der Waals surface area contributed by atoms with Gasteiger partial charge in [-0.15, -0.1) is 0 Å². The minimum Gasteiger partial charge on any atom is -0.497 e. The summed E-state index contributed by atoms with van der Waals surface area (Å²) in [6.45, 7) is 0. The van der Waals surface area contributed by atoms with Crippen LogP contribution in [-0.2, 0) is 0 Å². The van der Waals surface area contributed by atoms with E-state index in [4.69, 9.17) is 16.3 Å². The van der Waals surface area contributed by atoms with Crippen molar-refractivity contribution in [3.8, 4) is 5.75 Å². The number of carbonyl (C=O) groups excluding carboxylic acids is 1. The molecule has 0 aliphatic heterocycles. The second-order valence-electron chi connectivity index (χ2n) is 6.38. The molecule has 1 fully saturated rings. The van der Waals surface area contributed by atoms with Crippen LogP contribution in [0.25, 0.3) is 0 Å². The van der Waals surface area contributed by atoms with E-state index in [1.165, 1.54) is 18.2 Å². The van der Waals surface area contributed by atoms with Crippen molar-refractivity contribution in [2.75, 3.05) is 12.4 Å². The molecule has 7 heteroatoms. The molecule has 3 rings (SSSR count). The van der Waals surface area contributed by atoms with Gasteiger partial charge in [-0.05, 0) is 49.9 Å². The minimum absolute atomic E-state index is 0.0450. The SMILES string of the molecule is COc1ccnc(N[C@H]2CC[C@@H](NC(=O)c3ccc(F)c(Cl)c3)CC2)c1. The highest BCUT2D eigenvalue weighted by Gasteiger charge is 2.23. The molecule has 1 aromatic carbocycles. The lowest BCUT2D eigenvalue weighted by atomic mass is 9.91. The lowest BCUT2D eigenvalue weighted by molar-refractivity contribution is 0.0926. The predicted molar refractivity (Wildman–Crippen MR) is 99.3 cm³/mol. The third-order valence-corrected chi connectivity index (χ3v) is 4.85. The second-order valence-corrected chi connectivity index (χ2v) is 6.78. The van der Waals surface area contributed by atoms with Gasteiger partial charge in [-0.25, -0.2) is 9.37 Å². The van der Waals surface area contributed by atoms with Crippen LogP contribution in [0.3, 0.4) is 0 Å².